The second-order valence-corrected chi connectivity index (χ2v) is 3.45. The molecule has 1 unspecified atom stereocenters. The van der Waals surface area contributed by atoms with Crippen LogP contribution in [0.5, 0.6) is 5.75 Å². The highest BCUT2D eigenvalue weighted by molar-refractivity contribution is 9.09. The van der Waals surface area contributed by atoms with Crippen LogP contribution in [0, 0.1) is 0 Å². The third kappa shape index (κ3) is 3.79. The highest BCUT2D eigenvalue weighted by Gasteiger charge is 2.08. The van der Waals surface area contributed by atoms with Crippen molar-refractivity contribution in [3.8, 4) is 5.75 Å². The lowest BCUT2D eigenvalue weighted by Gasteiger charge is -2.12. The number of benzene rings is 1. The maximum absolute atomic E-state index is 10.4. The van der Waals surface area contributed by atoms with Gasteiger partial charge in [0.05, 0.1) is 6.04 Å². The summed E-state index contributed by atoms with van der Waals surface area (Å²) in [5, 5.41) is 10.9. The first kappa shape index (κ1) is 11.8. The Morgan fingerprint density at radius 2 is 2.40 bits per heavy atom. The summed E-state index contributed by atoms with van der Waals surface area (Å²) in [5.74, 6) is 0.711. The SMILES string of the molecule is CC(NC(=O)O)c1cccc(OCBr)c1. The number of halogens is 1. The lowest BCUT2D eigenvalue weighted by molar-refractivity contribution is 0.191. The Balaban J connectivity index is 2.75. The molecule has 1 aromatic carbocycles. The largest absolute Gasteiger partial charge is 0.482 e. The average Bonchev–Trinajstić information content (AvgIpc) is 2.17. The van der Waals surface area contributed by atoms with Crippen LogP contribution in [0.1, 0.15) is 18.5 Å². The van der Waals surface area contributed by atoms with E-state index in [2.05, 4.69) is 21.2 Å². The lowest BCUT2D eigenvalue weighted by atomic mass is 10.1. The quantitative estimate of drug-likeness (QED) is 0.830. The van der Waals surface area contributed by atoms with Gasteiger partial charge in [0.2, 0.25) is 0 Å². The van der Waals surface area contributed by atoms with Crippen molar-refractivity contribution in [2.24, 2.45) is 0 Å². The van der Waals surface area contributed by atoms with Crippen molar-refractivity contribution in [2.45, 2.75) is 13.0 Å². The van der Waals surface area contributed by atoms with E-state index in [0.29, 0.717) is 11.3 Å². The predicted octanol–water partition coefficient (Wildman–Crippen LogP) is 2.75. The van der Waals surface area contributed by atoms with Crippen LogP contribution in [0.3, 0.4) is 0 Å². The first-order valence-electron chi connectivity index (χ1n) is 4.41. The van der Waals surface area contributed by atoms with E-state index in [0.717, 1.165) is 5.56 Å². The number of alkyl halides is 1. The van der Waals surface area contributed by atoms with E-state index in [9.17, 15) is 4.79 Å². The van der Waals surface area contributed by atoms with Crippen molar-refractivity contribution in [1.29, 1.82) is 0 Å². The number of ether oxygens (including phenoxy) is 1. The zero-order chi connectivity index (χ0) is 11.3. The normalized spacial score (nSPS) is 11.9. The van der Waals surface area contributed by atoms with Crippen molar-refractivity contribution in [3.63, 3.8) is 0 Å². The third-order valence-electron chi connectivity index (χ3n) is 1.92. The van der Waals surface area contributed by atoms with Gasteiger partial charge in [0, 0.05) is 0 Å². The van der Waals surface area contributed by atoms with Crippen LogP contribution < -0.4 is 10.1 Å². The maximum atomic E-state index is 10.4. The molecule has 0 aliphatic carbocycles. The van der Waals surface area contributed by atoms with Gasteiger partial charge < -0.3 is 15.2 Å². The molecule has 0 bridgehead atoms. The molecule has 82 valence electrons. The van der Waals surface area contributed by atoms with Gasteiger partial charge in [-0.2, -0.15) is 0 Å². The molecule has 2 N–H and O–H groups in total. The standard InChI is InChI=1S/C10H12BrNO3/c1-7(12-10(13)14)8-3-2-4-9(5-8)15-6-11/h2-5,7,12H,6H2,1H3,(H,13,14). The summed E-state index contributed by atoms with van der Waals surface area (Å²) >= 11 is 3.16. The van der Waals surface area contributed by atoms with Crippen molar-refractivity contribution < 1.29 is 14.6 Å². The lowest BCUT2D eigenvalue weighted by Crippen LogP contribution is -2.24. The van der Waals surface area contributed by atoms with Crippen molar-refractivity contribution >= 4 is 22.0 Å². The first-order chi connectivity index (χ1) is 7.13. The van der Waals surface area contributed by atoms with Gasteiger partial charge in [-0.25, -0.2) is 4.79 Å². The molecule has 1 amide bonds. The van der Waals surface area contributed by atoms with Crippen molar-refractivity contribution in [1.82, 2.24) is 5.32 Å². The van der Waals surface area contributed by atoms with E-state index in [-0.39, 0.29) is 6.04 Å². The number of amides is 1. The van der Waals surface area contributed by atoms with Gasteiger partial charge in [-0.3, -0.25) is 0 Å². The van der Waals surface area contributed by atoms with Gasteiger partial charge in [0.1, 0.15) is 11.3 Å². The van der Waals surface area contributed by atoms with Gasteiger partial charge in [0.25, 0.3) is 0 Å². The number of nitrogens with one attached hydrogen (secondary N) is 1. The molecule has 0 aliphatic heterocycles. The van der Waals surface area contributed by atoms with E-state index in [4.69, 9.17) is 9.84 Å². The summed E-state index contributed by atoms with van der Waals surface area (Å²) < 4.78 is 5.24. The minimum Gasteiger partial charge on any atom is -0.482 e. The molecule has 0 fully saturated rings. The second-order valence-electron chi connectivity index (χ2n) is 3.00. The van der Waals surface area contributed by atoms with Gasteiger partial charge in [-0.05, 0) is 40.5 Å². The van der Waals surface area contributed by atoms with E-state index in [1.54, 1.807) is 6.92 Å². The molecule has 5 heteroatoms. The molecule has 1 aromatic rings. The molecule has 15 heavy (non-hydrogen) atoms. The van der Waals surface area contributed by atoms with Crippen LogP contribution in [0.15, 0.2) is 24.3 Å². The zero-order valence-corrected chi connectivity index (χ0v) is 9.82. The fourth-order valence-corrected chi connectivity index (χ4v) is 1.47. The fourth-order valence-electron chi connectivity index (χ4n) is 1.21. The summed E-state index contributed by atoms with van der Waals surface area (Å²) in [5.41, 5.74) is 1.29. The molecular weight excluding hydrogens is 262 g/mol. The second kappa shape index (κ2) is 5.60. The molecule has 0 aromatic heterocycles. The molecule has 1 rings (SSSR count). The first-order valence-corrected chi connectivity index (χ1v) is 5.54. The number of carbonyl (C=O) groups is 1. The van der Waals surface area contributed by atoms with Crippen molar-refractivity contribution in [3.05, 3.63) is 29.8 Å². The van der Waals surface area contributed by atoms with Gasteiger partial charge in [-0.15, -0.1) is 0 Å². The Kier molecular flexibility index (Phi) is 4.42. The molecular formula is C10H12BrNO3. The predicted molar refractivity (Wildman–Crippen MR) is 60.4 cm³/mol. The topological polar surface area (TPSA) is 58.6 Å². The van der Waals surface area contributed by atoms with Gasteiger partial charge in [0.15, 0.2) is 0 Å². The number of carboxylic acid groups (broad SMARTS) is 1. The third-order valence-corrected chi connectivity index (χ3v) is 2.15. The molecule has 0 spiro atoms. The fraction of sp³-hybridized carbons (Fsp3) is 0.300. The van der Waals surface area contributed by atoms with Crippen LogP contribution in [0.4, 0.5) is 4.79 Å². The molecule has 0 aliphatic rings. The summed E-state index contributed by atoms with van der Waals surface area (Å²) in [7, 11) is 0. The minimum absolute atomic E-state index is 0.249. The van der Waals surface area contributed by atoms with E-state index < -0.39 is 6.09 Å². The molecule has 0 saturated carbocycles. The molecule has 1 atom stereocenters. The van der Waals surface area contributed by atoms with Crippen molar-refractivity contribution in [2.75, 3.05) is 5.52 Å². The molecule has 0 saturated heterocycles. The summed E-state index contributed by atoms with van der Waals surface area (Å²) in [6.07, 6.45) is -1.03. The number of hydrogen-bond acceptors (Lipinski definition) is 2. The highest BCUT2D eigenvalue weighted by Crippen LogP contribution is 2.19. The Hall–Kier alpha value is -1.23. The van der Waals surface area contributed by atoms with Crippen LogP contribution in [-0.4, -0.2) is 16.7 Å². The van der Waals surface area contributed by atoms with Crippen LogP contribution in [-0.2, 0) is 0 Å². The maximum Gasteiger partial charge on any atom is 0.405 e. The van der Waals surface area contributed by atoms with E-state index in [1.165, 1.54) is 0 Å². The van der Waals surface area contributed by atoms with E-state index in [1.807, 2.05) is 24.3 Å². The Morgan fingerprint density at radius 3 is 3.00 bits per heavy atom. The smallest absolute Gasteiger partial charge is 0.405 e. The monoisotopic (exact) mass is 273 g/mol. The summed E-state index contributed by atoms with van der Waals surface area (Å²) in [4.78, 5) is 10.4. The zero-order valence-electron chi connectivity index (χ0n) is 8.24. The minimum atomic E-state index is -1.03. The number of hydrogen-bond donors (Lipinski definition) is 2. The van der Waals surface area contributed by atoms with Gasteiger partial charge >= 0.3 is 6.09 Å². The molecule has 4 nitrogen and oxygen atoms in total. The van der Waals surface area contributed by atoms with Gasteiger partial charge in [-0.1, -0.05) is 12.1 Å². The Morgan fingerprint density at radius 1 is 1.67 bits per heavy atom. The van der Waals surface area contributed by atoms with Crippen LogP contribution in [0.25, 0.3) is 0 Å². The summed E-state index contributed by atoms with van der Waals surface area (Å²) in [6, 6.07) is 7.05. The summed E-state index contributed by atoms with van der Waals surface area (Å²) in [6.45, 7) is 1.78. The molecule has 0 heterocycles. The average molecular weight is 274 g/mol. The van der Waals surface area contributed by atoms with Crippen LogP contribution in [0.2, 0.25) is 0 Å². The molecule has 0 radical (unpaired) electrons. The Bertz CT molecular complexity index is 343. The van der Waals surface area contributed by atoms with E-state index >= 15 is 0 Å². The number of rotatable bonds is 4. The Labute approximate surface area is 96.4 Å². The van der Waals surface area contributed by atoms with Crippen LogP contribution >= 0.6 is 15.9 Å². The highest BCUT2D eigenvalue weighted by atomic mass is 79.9.